The average Bonchev–Trinajstić information content (AvgIpc) is 3.45. The van der Waals surface area contributed by atoms with Crippen molar-refractivity contribution in [2.75, 3.05) is 36.0 Å². The Hall–Kier alpha value is -3.89. The summed E-state index contributed by atoms with van der Waals surface area (Å²) in [5.74, 6) is -0.595. The number of cyclic esters (lactones) is 1. The van der Waals surface area contributed by atoms with E-state index < -0.39 is 18.0 Å². The number of rotatable bonds is 6. The molecule has 0 saturated carbocycles. The molecule has 2 aliphatic heterocycles. The van der Waals surface area contributed by atoms with Crippen LogP contribution in [0.3, 0.4) is 0 Å². The molecule has 34 heavy (non-hydrogen) atoms. The highest BCUT2D eigenvalue weighted by molar-refractivity contribution is 5.90. The Kier molecular flexibility index (Phi) is 5.91. The van der Waals surface area contributed by atoms with Gasteiger partial charge in [-0.05, 0) is 40.6 Å². The third kappa shape index (κ3) is 4.59. The maximum atomic E-state index is 14.8. The summed E-state index contributed by atoms with van der Waals surface area (Å²) in [6.45, 7) is 3.35. The van der Waals surface area contributed by atoms with Gasteiger partial charge in [-0.2, -0.15) is 0 Å². The summed E-state index contributed by atoms with van der Waals surface area (Å²) in [6.07, 6.45) is 0.296. The number of halogens is 1. The number of aromatic nitrogens is 2. The normalized spacial score (nSPS) is 18.9. The topological polar surface area (TPSA) is 110 Å². The van der Waals surface area contributed by atoms with Gasteiger partial charge in [0.1, 0.15) is 23.2 Å². The van der Waals surface area contributed by atoms with Crippen molar-refractivity contribution in [1.82, 2.24) is 15.6 Å². The van der Waals surface area contributed by atoms with Crippen LogP contribution in [-0.2, 0) is 9.53 Å². The van der Waals surface area contributed by atoms with E-state index in [4.69, 9.17) is 14.1 Å². The van der Waals surface area contributed by atoms with E-state index in [1.807, 2.05) is 18.2 Å². The molecular weight excluding hydrogens is 445 g/mol. The van der Waals surface area contributed by atoms with E-state index in [1.54, 1.807) is 6.07 Å². The quantitative estimate of drug-likeness (QED) is 0.587. The summed E-state index contributed by atoms with van der Waals surface area (Å²) in [5, 5.41) is 10.3. The minimum absolute atomic E-state index is 0.118. The molecule has 3 aromatic rings. The van der Waals surface area contributed by atoms with Gasteiger partial charge in [0.2, 0.25) is 5.91 Å². The van der Waals surface area contributed by atoms with Crippen molar-refractivity contribution in [1.29, 1.82) is 0 Å². The number of hydrogen-bond donors (Lipinski definition) is 1. The van der Waals surface area contributed by atoms with E-state index in [0.717, 1.165) is 31.6 Å². The first-order valence-corrected chi connectivity index (χ1v) is 11.1. The summed E-state index contributed by atoms with van der Waals surface area (Å²) < 4.78 is 30.7. The van der Waals surface area contributed by atoms with Crippen LogP contribution in [-0.4, -0.2) is 60.7 Å². The van der Waals surface area contributed by atoms with Gasteiger partial charge in [0.15, 0.2) is 11.6 Å². The lowest BCUT2D eigenvalue weighted by Gasteiger charge is -2.33. The van der Waals surface area contributed by atoms with Gasteiger partial charge in [0, 0.05) is 44.6 Å². The van der Waals surface area contributed by atoms with Crippen LogP contribution < -0.4 is 19.9 Å². The summed E-state index contributed by atoms with van der Waals surface area (Å²) in [6, 6.07) is 10.2. The Morgan fingerprint density at radius 1 is 1.15 bits per heavy atom. The number of ether oxygens (including phenoxy) is 2. The van der Waals surface area contributed by atoms with Gasteiger partial charge in [0.25, 0.3) is 0 Å². The summed E-state index contributed by atoms with van der Waals surface area (Å²) in [5.41, 5.74) is 2.84. The molecule has 2 amide bonds. The molecule has 3 heterocycles. The Balaban J connectivity index is 1.17. The Labute approximate surface area is 194 Å². The fourth-order valence-corrected chi connectivity index (χ4v) is 4.23. The molecule has 1 aromatic heterocycles. The van der Waals surface area contributed by atoms with E-state index in [9.17, 15) is 14.0 Å². The van der Waals surface area contributed by atoms with Gasteiger partial charge in [-0.3, -0.25) is 9.69 Å². The number of benzene rings is 2. The molecular formula is C23H24FN5O5. The number of hydrogen-bond acceptors (Lipinski definition) is 8. The van der Waals surface area contributed by atoms with Crippen LogP contribution in [0.4, 0.5) is 20.6 Å². The third-order valence-electron chi connectivity index (χ3n) is 6.02. The number of carbonyl (C=O) groups is 2. The zero-order valence-corrected chi connectivity index (χ0v) is 18.6. The number of carbonyl (C=O) groups excluding carboxylic acids is 2. The Bertz CT molecular complexity index is 1210. The minimum Gasteiger partial charge on any atom is -0.487 e. The highest BCUT2D eigenvalue weighted by Gasteiger charge is 2.33. The summed E-state index contributed by atoms with van der Waals surface area (Å²) in [7, 11) is 0. The molecule has 0 aliphatic carbocycles. The Morgan fingerprint density at radius 3 is 2.68 bits per heavy atom. The highest BCUT2D eigenvalue weighted by atomic mass is 19.1. The van der Waals surface area contributed by atoms with Crippen molar-refractivity contribution in [3.05, 3.63) is 42.2 Å². The van der Waals surface area contributed by atoms with Gasteiger partial charge in [-0.1, -0.05) is 0 Å². The van der Waals surface area contributed by atoms with Crippen molar-refractivity contribution < 1.29 is 28.1 Å². The number of anilines is 2. The van der Waals surface area contributed by atoms with E-state index in [2.05, 4.69) is 20.5 Å². The van der Waals surface area contributed by atoms with Crippen molar-refractivity contribution >= 4 is 34.4 Å². The molecule has 10 nitrogen and oxygen atoms in total. The predicted molar refractivity (Wildman–Crippen MR) is 120 cm³/mol. The highest BCUT2D eigenvalue weighted by Crippen LogP contribution is 2.30. The van der Waals surface area contributed by atoms with Crippen LogP contribution in [0.1, 0.15) is 19.8 Å². The molecule has 2 aromatic carbocycles. The van der Waals surface area contributed by atoms with Crippen LogP contribution in [0.5, 0.6) is 5.75 Å². The molecule has 0 spiro atoms. The molecule has 11 heteroatoms. The SMILES string of the molecule is CC(=O)NC[C@H]1CN(c2ccc(OC3CCN(c4ccc5nonc5c4)CC3)c(F)c2)C(=O)O1. The number of piperidine rings is 1. The fourth-order valence-electron chi connectivity index (χ4n) is 4.23. The van der Waals surface area contributed by atoms with Gasteiger partial charge in [0.05, 0.1) is 18.8 Å². The van der Waals surface area contributed by atoms with Crippen LogP contribution >= 0.6 is 0 Å². The second-order valence-corrected chi connectivity index (χ2v) is 8.41. The number of nitrogens with one attached hydrogen (secondary N) is 1. The van der Waals surface area contributed by atoms with Crippen molar-refractivity contribution in [3.63, 3.8) is 0 Å². The number of nitrogens with zero attached hydrogens (tertiary/aromatic N) is 4. The zero-order valence-electron chi connectivity index (χ0n) is 18.6. The first-order valence-electron chi connectivity index (χ1n) is 11.1. The van der Waals surface area contributed by atoms with Crippen LogP contribution in [0, 0.1) is 5.82 Å². The largest absolute Gasteiger partial charge is 0.487 e. The van der Waals surface area contributed by atoms with Gasteiger partial charge in [-0.25, -0.2) is 13.8 Å². The van der Waals surface area contributed by atoms with E-state index >= 15 is 0 Å². The predicted octanol–water partition coefficient (Wildman–Crippen LogP) is 2.87. The third-order valence-corrected chi connectivity index (χ3v) is 6.02. The first kappa shape index (κ1) is 21.9. The standard InChI is InChI=1S/C23H24FN5O5/c1-14(30)25-12-18-13-29(23(31)33-18)16-3-5-22(19(24)10-16)32-17-6-8-28(9-7-17)15-2-4-20-21(11-15)27-34-26-20/h2-5,10-11,17-18H,6-9,12-13H2,1H3,(H,25,30)/t18-/m0/s1. The van der Waals surface area contributed by atoms with Crippen molar-refractivity contribution in [2.24, 2.45) is 0 Å². The maximum Gasteiger partial charge on any atom is 0.414 e. The molecule has 0 bridgehead atoms. The molecule has 1 N–H and O–H groups in total. The Morgan fingerprint density at radius 2 is 1.91 bits per heavy atom. The second-order valence-electron chi connectivity index (χ2n) is 8.41. The molecule has 5 rings (SSSR count). The molecule has 2 fully saturated rings. The lowest BCUT2D eigenvalue weighted by molar-refractivity contribution is -0.119. The van der Waals surface area contributed by atoms with Crippen LogP contribution in [0.25, 0.3) is 11.0 Å². The second kappa shape index (κ2) is 9.16. The van der Waals surface area contributed by atoms with Crippen LogP contribution in [0.15, 0.2) is 41.0 Å². The molecule has 178 valence electrons. The molecule has 1 atom stereocenters. The van der Waals surface area contributed by atoms with Gasteiger partial charge < -0.3 is 19.7 Å². The lowest BCUT2D eigenvalue weighted by atomic mass is 10.1. The zero-order chi connectivity index (χ0) is 23.7. The van der Waals surface area contributed by atoms with Crippen molar-refractivity contribution in [2.45, 2.75) is 32.0 Å². The molecule has 2 aliphatic rings. The fraction of sp³-hybridized carbons (Fsp3) is 0.391. The van der Waals surface area contributed by atoms with Gasteiger partial charge in [-0.15, -0.1) is 0 Å². The number of fused-ring (bicyclic) bond motifs is 1. The van der Waals surface area contributed by atoms with Gasteiger partial charge >= 0.3 is 6.09 Å². The van der Waals surface area contributed by atoms with E-state index in [1.165, 1.54) is 24.0 Å². The monoisotopic (exact) mass is 469 g/mol. The summed E-state index contributed by atoms with van der Waals surface area (Å²) in [4.78, 5) is 26.8. The first-order chi connectivity index (χ1) is 16.5. The smallest absolute Gasteiger partial charge is 0.414 e. The minimum atomic E-state index is -0.574. The lowest BCUT2D eigenvalue weighted by Crippen LogP contribution is -2.38. The van der Waals surface area contributed by atoms with Crippen LogP contribution in [0.2, 0.25) is 0 Å². The average molecular weight is 469 g/mol. The maximum absolute atomic E-state index is 14.8. The molecule has 2 saturated heterocycles. The van der Waals surface area contributed by atoms with E-state index in [0.29, 0.717) is 16.7 Å². The summed E-state index contributed by atoms with van der Waals surface area (Å²) >= 11 is 0. The molecule has 0 unspecified atom stereocenters. The molecule has 0 radical (unpaired) electrons. The van der Waals surface area contributed by atoms with Crippen molar-refractivity contribution in [3.8, 4) is 5.75 Å². The number of amides is 2. The van der Waals surface area contributed by atoms with E-state index in [-0.39, 0.29) is 30.9 Å².